The molecule has 1 N–H and O–H groups in total. The van der Waals surface area contributed by atoms with Gasteiger partial charge in [-0.25, -0.2) is 0 Å². The molecule has 0 saturated carbocycles. The highest BCUT2D eigenvalue weighted by Gasteiger charge is 2.13. The number of aryl methyl sites for hydroxylation is 3. The summed E-state index contributed by atoms with van der Waals surface area (Å²) in [6.45, 7) is 6.31. The van der Waals surface area contributed by atoms with Crippen molar-refractivity contribution in [2.75, 3.05) is 12.4 Å². The molecule has 0 bridgehead atoms. The van der Waals surface area contributed by atoms with Crippen LogP contribution >= 0.6 is 11.6 Å². The Hall–Kier alpha value is -2.98. The smallest absolute Gasteiger partial charge is 0.255 e. The number of amides is 1. The van der Waals surface area contributed by atoms with Crippen LogP contribution in [0.25, 0.3) is 0 Å². The number of halogens is 1. The fourth-order valence-corrected chi connectivity index (χ4v) is 3.41. The zero-order valence-corrected chi connectivity index (χ0v) is 17.8. The zero-order valence-electron chi connectivity index (χ0n) is 17.0. The minimum absolute atomic E-state index is 0.171. The van der Waals surface area contributed by atoms with Gasteiger partial charge in [0.15, 0.2) is 0 Å². The quantitative estimate of drug-likeness (QED) is 0.534. The third-order valence-corrected chi connectivity index (χ3v) is 4.92. The summed E-state index contributed by atoms with van der Waals surface area (Å²) in [4.78, 5) is 12.9. The maximum atomic E-state index is 12.9. The first-order valence-corrected chi connectivity index (χ1v) is 9.69. The van der Waals surface area contributed by atoms with Gasteiger partial charge in [0, 0.05) is 21.8 Å². The summed E-state index contributed by atoms with van der Waals surface area (Å²) in [5.41, 5.74) is 5.41. The highest BCUT2D eigenvalue weighted by molar-refractivity contribution is 6.30. The van der Waals surface area contributed by atoms with Crippen molar-refractivity contribution in [1.29, 1.82) is 0 Å². The van der Waals surface area contributed by atoms with Crippen molar-refractivity contribution in [3.05, 3.63) is 87.4 Å². The van der Waals surface area contributed by atoms with Crippen molar-refractivity contribution in [3.63, 3.8) is 0 Å². The average molecular weight is 410 g/mol. The summed E-state index contributed by atoms with van der Waals surface area (Å²) >= 11 is 5.91. The molecule has 150 valence electrons. The van der Waals surface area contributed by atoms with E-state index in [4.69, 9.17) is 21.1 Å². The fourth-order valence-electron chi connectivity index (χ4n) is 3.29. The second-order valence-corrected chi connectivity index (χ2v) is 7.43. The summed E-state index contributed by atoms with van der Waals surface area (Å²) in [6.07, 6.45) is 0. The van der Waals surface area contributed by atoms with Gasteiger partial charge in [-0.15, -0.1) is 0 Å². The molecule has 0 aliphatic rings. The van der Waals surface area contributed by atoms with E-state index in [2.05, 4.69) is 17.4 Å². The third-order valence-electron chi connectivity index (χ3n) is 4.67. The zero-order chi connectivity index (χ0) is 21.0. The first-order chi connectivity index (χ1) is 13.9. The molecule has 0 aliphatic heterocycles. The number of methoxy groups -OCH3 is 1. The van der Waals surface area contributed by atoms with Gasteiger partial charge in [0.1, 0.15) is 18.1 Å². The van der Waals surface area contributed by atoms with Crippen molar-refractivity contribution < 1.29 is 14.3 Å². The van der Waals surface area contributed by atoms with Crippen molar-refractivity contribution in [1.82, 2.24) is 0 Å². The predicted molar refractivity (Wildman–Crippen MR) is 117 cm³/mol. The second-order valence-electron chi connectivity index (χ2n) is 7.00. The van der Waals surface area contributed by atoms with Crippen LogP contribution in [0.1, 0.15) is 32.6 Å². The number of anilines is 1. The maximum Gasteiger partial charge on any atom is 0.255 e. The number of ether oxygens (including phenoxy) is 2. The lowest BCUT2D eigenvalue weighted by molar-refractivity contribution is 0.102. The average Bonchev–Trinajstić information content (AvgIpc) is 2.69. The Bertz CT molecular complexity index is 1010. The highest BCUT2D eigenvalue weighted by atomic mass is 35.5. The van der Waals surface area contributed by atoms with Crippen LogP contribution in [-0.2, 0) is 6.61 Å². The van der Waals surface area contributed by atoms with Crippen LogP contribution in [0.3, 0.4) is 0 Å². The number of benzene rings is 3. The number of hydrogen-bond acceptors (Lipinski definition) is 3. The lowest BCUT2D eigenvalue weighted by atomic mass is 10.0. The highest BCUT2D eigenvalue weighted by Crippen LogP contribution is 2.26. The first-order valence-electron chi connectivity index (χ1n) is 9.32. The summed E-state index contributed by atoms with van der Waals surface area (Å²) in [7, 11) is 1.60. The molecule has 4 nitrogen and oxygen atoms in total. The number of rotatable bonds is 6. The molecule has 0 saturated heterocycles. The molecule has 0 spiro atoms. The van der Waals surface area contributed by atoms with Gasteiger partial charge < -0.3 is 14.8 Å². The predicted octanol–water partition coefficient (Wildman–Crippen LogP) is 6.11. The van der Waals surface area contributed by atoms with Gasteiger partial charge in [0.2, 0.25) is 0 Å². The Morgan fingerprint density at radius 3 is 2.24 bits per heavy atom. The molecule has 0 heterocycles. The van der Waals surface area contributed by atoms with Crippen molar-refractivity contribution in [2.45, 2.75) is 27.4 Å². The first kappa shape index (κ1) is 20.7. The van der Waals surface area contributed by atoms with Crippen molar-refractivity contribution in [2.24, 2.45) is 0 Å². The van der Waals surface area contributed by atoms with Gasteiger partial charge in [-0.2, -0.15) is 0 Å². The van der Waals surface area contributed by atoms with Gasteiger partial charge in [0.05, 0.1) is 7.11 Å². The molecule has 29 heavy (non-hydrogen) atoms. The molecule has 5 heteroatoms. The van der Waals surface area contributed by atoms with Crippen LogP contribution in [0.4, 0.5) is 5.69 Å². The molecule has 3 aromatic rings. The Morgan fingerprint density at radius 2 is 1.62 bits per heavy atom. The molecular weight excluding hydrogens is 386 g/mol. The molecule has 0 fully saturated rings. The minimum Gasteiger partial charge on any atom is -0.496 e. The maximum absolute atomic E-state index is 12.9. The standard InChI is InChI=1S/C24H24ClNO3/c1-15-11-16(2)23(17(3)12-15)26-24(27)18-5-10-22(28-4)19(13-18)14-29-21-8-6-20(25)7-9-21/h5-13H,14H2,1-4H3,(H,26,27). The van der Waals surface area contributed by atoms with Crippen molar-refractivity contribution >= 4 is 23.2 Å². The molecule has 0 atom stereocenters. The topological polar surface area (TPSA) is 47.6 Å². The molecule has 3 rings (SSSR count). The van der Waals surface area contributed by atoms with E-state index >= 15 is 0 Å². The van der Waals surface area contributed by atoms with E-state index in [1.54, 1.807) is 49.6 Å². The molecular formula is C24H24ClNO3. The van der Waals surface area contributed by atoms with E-state index in [1.165, 1.54) is 5.56 Å². The Morgan fingerprint density at radius 1 is 0.966 bits per heavy atom. The van der Waals surface area contributed by atoms with Gasteiger partial charge in [-0.1, -0.05) is 29.3 Å². The third kappa shape index (κ3) is 5.09. The van der Waals surface area contributed by atoms with E-state index in [0.29, 0.717) is 22.1 Å². The van der Waals surface area contributed by atoms with E-state index in [0.717, 1.165) is 22.4 Å². The van der Waals surface area contributed by atoms with Crippen LogP contribution in [0.15, 0.2) is 54.6 Å². The summed E-state index contributed by atoms with van der Waals surface area (Å²) in [5, 5.41) is 3.68. The van der Waals surface area contributed by atoms with E-state index in [9.17, 15) is 4.79 Å². The van der Waals surface area contributed by atoms with Crippen LogP contribution in [-0.4, -0.2) is 13.0 Å². The van der Waals surface area contributed by atoms with E-state index in [1.807, 2.05) is 20.8 Å². The number of hydrogen-bond donors (Lipinski definition) is 1. The van der Waals surface area contributed by atoms with Gasteiger partial charge >= 0.3 is 0 Å². The van der Waals surface area contributed by atoms with Gasteiger partial charge in [-0.05, 0) is 74.4 Å². The molecule has 3 aromatic carbocycles. The SMILES string of the molecule is COc1ccc(C(=O)Nc2c(C)cc(C)cc2C)cc1COc1ccc(Cl)cc1. The summed E-state index contributed by atoms with van der Waals surface area (Å²) in [6, 6.07) is 16.6. The van der Waals surface area contributed by atoms with Crippen LogP contribution in [0.5, 0.6) is 11.5 Å². The fraction of sp³-hybridized carbons (Fsp3) is 0.208. The number of carbonyl (C=O) groups is 1. The molecule has 0 aromatic heterocycles. The van der Waals surface area contributed by atoms with Gasteiger partial charge in [-0.3, -0.25) is 4.79 Å². The largest absolute Gasteiger partial charge is 0.496 e. The number of carbonyl (C=O) groups excluding carboxylic acids is 1. The number of nitrogens with one attached hydrogen (secondary N) is 1. The monoisotopic (exact) mass is 409 g/mol. The Balaban J connectivity index is 1.80. The summed E-state index contributed by atoms with van der Waals surface area (Å²) in [5.74, 6) is 1.19. The van der Waals surface area contributed by atoms with E-state index < -0.39 is 0 Å². The molecule has 1 amide bonds. The van der Waals surface area contributed by atoms with E-state index in [-0.39, 0.29) is 12.5 Å². The summed E-state index contributed by atoms with van der Waals surface area (Å²) < 4.78 is 11.2. The van der Waals surface area contributed by atoms with Crippen LogP contribution < -0.4 is 14.8 Å². The van der Waals surface area contributed by atoms with Crippen LogP contribution in [0, 0.1) is 20.8 Å². The normalized spacial score (nSPS) is 10.5. The minimum atomic E-state index is -0.171. The lowest BCUT2D eigenvalue weighted by Crippen LogP contribution is -2.14. The Labute approximate surface area is 176 Å². The van der Waals surface area contributed by atoms with Gasteiger partial charge in [0.25, 0.3) is 5.91 Å². The Kier molecular flexibility index (Phi) is 6.45. The lowest BCUT2D eigenvalue weighted by Gasteiger charge is -2.15. The molecule has 0 radical (unpaired) electrons. The van der Waals surface area contributed by atoms with Crippen LogP contribution in [0.2, 0.25) is 5.02 Å². The molecule has 0 unspecified atom stereocenters. The molecule has 0 aliphatic carbocycles. The second kappa shape index (κ2) is 9.01. The van der Waals surface area contributed by atoms with Crippen molar-refractivity contribution in [3.8, 4) is 11.5 Å².